The molecule has 1 N–H and O–H groups in total. The van der Waals surface area contributed by atoms with Crippen LogP contribution in [0.25, 0.3) is 0 Å². The van der Waals surface area contributed by atoms with Gasteiger partial charge in [-0.3, -0.25) is 4.79 Å². The van der Waals surface area contributed by atoms with Crippen molar-refractivity contribution in [2.75, 3.05) is 13.7 Å². The molecule has 2 aromatic rings. The third-order valence-electron chi connectivity index (χ3n) is 3.87. The van der Waals surface area contributed by atoms with Crippen molar-refractivity contribution in [3.8, 4) is 5.75 Å². The van der Waals surface area contributed by atoms with Crippen molar-refractivity contribution in [2.24, 2.45) is 0 Å². The van der Waals surface area contributed by atoms with Gasteiger partial charge < -0.3 is 14.8 Å². The van der Waals surface area contributed by atoms with E-state index in [4.69, 9.17) is 9.47 Å². The topological polar surface area (TPSA) is 64.6 Å². The Labute approximate surface area is 161 Å². The first-order chi connectivity index (χ1) is 12.5. The molecule has 1 unspecified atom stereocenters. The van der Waals surface area contributed by atoms with Crippen LogP contribution in [0.2, 0.25) is 0 Å². The number of methoxy groups -OCH3 is 1. The summed E-state index contributed by atoms with van der Waals surface area (Å²) in [5, 5.41) is 2.67. The van der Waals surface area contributed by atoms with Gasteiger partial charge in [-0.2, -0.15) is 0 Å². The Kier molecular flexibility index (Phi) is 7.66. The number of ether oxygens (including phenoxy) is 2. The number of aryl methyl sites for hydroxylation is 1. The molecular formula is C20H22BrNO4. The van der Waals surface area contributed by atoms with Crippen molar-refractivity contribution in [3.63, 3.8) is 0 Å². The second-order valence-electron chi connectivity index (χ2n) is 5.74. The highest BCUT2D eigenvalue weighted by Gasteiger charge is 2.22. The number of rotatable bonds is 8. The van der Waals surface area contributed by atoms with Gasteiger partial charge in [0, 0.05) is 6.42 Å². The molecule has 26 heavy (non-hydrogen) atoms. The van der Waals surface area contributed by atoms with Gasteiger partial charge >= 0.3 is 5.97 Å². The Bertz CT molecular complexity index is 749. The number of esters is 1. The fourth-order valence-electron chi connectivity index (χ4n) is 2.45. The van der Waals surface area contributed by atoms with E-state index in [2.05, 4.69) is 28.2 Å². The molecular weight excluding hydrogens is 398 g/mol. The van der Waals surface area contributed by atoms with E-state index < -0.39 is 12.0 Å². The number of benzene rings is 2. The molecule has 0 bridgehead atoms. The summed E-state index contributed by atoms with van der Waals surface area (Å²) in [5.74, 6) is -0.298. The molecule has 0 spiro atoms. The lowest BCUT2D eigenvalue weighted by molar-refractivity contribution is -0.145. The van der Waals surface area contributed by atoms with Crippen molar-refractivity contribution >= 4 is 27.8 Å². The lowest BCUT2D eigenvalue weighted by Gasteiger charge is -2.17. The first-order valence-corrected chi connectivity index (χ1v) is 9.15. The zero-order valence-electron chi connectivity index (χ0n) is 14.8. The third-order valence-corrected chi connectivity index (χ3v) is 4.49. The number of amides is 1. The summed E-state index contributed by atoms with van der Waals surface area (Å²) in [5.41, 5.74) is 2.10. The number of halogens is 1. The van der Waals surface area contributed by atoms with Gasteiger partial charge in [0.1, 0.15) is 11.8 Å². The van der Waals surface area contributed by atoms with Crippen LogP contribution in [0.1, 0.15) is 18.1 Å². The smallest absolute Gasteiger partial charge is 0.328 e. The predicted octanol–water partition coefficient (Wildman–Crippen LogP) is 3.29. The molecule has 5 nitrogen and oxygen atoms in total. The maximum atomic E-state index is 12.2. The molecule has 6 heteroatoms. The summed E-state index contributed by atoms with van der Waals surface area (Å²) in [6, 6.07) is 14.4. The van der Waals surface area contributed by atoms with Gasteiger partial charge in [0.05, 0.1) is 11.6 Å². The first kappa shape index (κ1) is 20.0. The van der Waals surface area contributed by atoms with Gasteiger partial charge in [-0.1, -0.05) is 43.3 Å². The Morgan fingerprint density at radius 2 is 1.85 bits per heavy atom. The van der Waals surface area contributed by atoms with E-state index >= 15 is 0 Å². The largest absolute Gasteiger partial charge is 0.483 e. The van der Waals surface area contributed by atoms with Gasteiger partial charge in [0.15, 0.2) is 6.61 Å². The van der Waals surface area contributed by atoms with Crippen LogP contribution in [-0.2, 0) is 27.2 Å². The average Bonchev–Trinajstić information content (AvgIpc) is 2.66. The normalized spacial score (nSPS) is 11.5. The van der Waals surface area contributed by atoms with Crippen LogP contribution < -0.4 is 10.1 Å². The maximum absolute atomic E-state index is 12.2. The van der Waals surface area contributed by atoms with Crippen molar-refractivity contribution < 1.29 is 19.1 Å². The molecule has 0 saturated carbocycles. The Morgan fingerprint density at radius 3 is 2.46 bits per heavy atom. The quantitative estimate of drug-likeness (QED) is 0.666. The van der Waals surface area contributed by atoms with Crippen LogP contribution in [0.4, 0.5) is 0 Å². The number of nitrogens with one attached hydrogen (secondary N) is 1. The van der Waals surface area contributed by atoms with E-state index in [9.17, 15) is 9.59 Å². The summed E-state index contributed by atoms with van der Waals surface area (Å²) in [4.78, 5) is 24.2. The molecule has 0 aromatic heterocycles. The Hall–Kier alpha value is -2.34. The van der Waals surface area contributed by atoms with Crippen LogP contribution in [0, 0.1) is 0 Å². The molecule has 0 fully saturated rings. The van der Waals surface area contributed by atoms with Crippen LogP contribution in [0.15, 0.2) is 53.0 Å². The molecule has 2 rings (SSSR count). The molecule has 0 radical (unpaired) electrons. The van der Waals surface area contributed by atoms with E-state index in [1.54, 1.807) is 0 Å². The van der Waals surface area contributed by atoms with Crippen molar-refractivity contribution in [3.05, 3.63) is 64.1 Å². The molecule has 0 aliphatic carbocycles. The zero-order valence-corrected chi connectivity index (χ0v) is 16.4. The number of hydrogen-bond acceptors (Lipinski definition) is 4. The van der Waals surface area contributed by atoms with E-state index in [1.165, 1.54) is 12.7 Å². The Balaban J connectivity index is 1.95. The van der Waals surface area contributed by atoms with E-state index in [0.29, 0.717) is 12.2 Å². The standard InChI is InChI=1S/C20H22BrNO4/c1-3-14-9-10-18(16(21)11-14)26-13-19(23)22-17(20(24)25-2)12-15-7-5-4-6-8-15/h4-11,17H,3,12-13H2,1-2H3,(H,22,23). The van der Waals surface area contributed by atoms with E-state index in [0.717, 1.165) is 16.5 Å². The van der Waals surface area contributed by atoms with Crippen molar-refractivity contribution in [2.45, 2.75) is 25.8 Å². The van der Waals surface area contributed by atoms with Gasteiger partial charge in [0.2, 0.25) is 0 Å². The van der Waals surface area contributed by atoms with E-state index in [-0.39, 0.29) is 12.5 Å². The predicted molar refractivity (Wildman–Crippen MR) is 103 cm³/mol. The molecule has 138 valence electrons. The molecule has 0 saturated heterocycles. The third kappa shape index (κ3) is 5.88. The fourth-order valence-corrected chi connectivity index (χ4v) is 2.99. The highest BCUT2D eigenvalue weighted by atomic mass is 79.9. The van der Waals surface area contributed by atoms with Crippen LogP contribution >= 0.6 is 15.9 Å². The summed E-state index contributed by atoms with van der Waals surface area (Å²) < 4.78 is 11.1. The van der Waals surface area contributed by atoms with Crippen molar-refractivity contribution in [1.29, 1.82) is 0 Å². The minimum absolute atomic E-state index is 0.188. The Morgan fingerprint density at radius 1 is 1.12 bits per heavy atom. The molecule has 1 amide bonds. The second kappa shape index (κ2) is 9.97. The molecule has 0 aliphatic rings. The van der Waals surface area contributed by atoms with E-state index in [1.807, 2.05) is 48.5 Å². The van der Waals surface area contributed by atoms with Gasteiger partial charge in [-0.25, -0.2) is 4.79 Å². The minimum atomic E-state index is -0.760. The zero-order chi connectivity index (χ0) is 18.9. The van der Waals surface area contributed by atoms with Crippen molar-refractivity contribution in [1.82, 2.24) is 5.32 Å². The molecule has 0 aliphatic heterocycles. The van der Waals surface area contributed by atoms with Crippen LogP contribution in [-0.4, -0.2) is 31.6 Å². The van der Waals surface area contributed by atoms with Crippen LogP contribution in [0.5, 0.6) is 5.75 Å². The molecule has 2 aromatic carbocycles. The number of carbonyl (C=O) groups is 2. The van der Waals surface area contributed by atoms with Gasteiger partial charge in [-0.15, -0.1) is 0 Å². The summed E-state index contributed by atoms with van der Waals surface area (Å²) in [6.45, 7) is 1.88. The lowest BCUT2D eigenvalue weighted by Crippen LogP contribution is -2.44. The highest BCUT2D eigenvalue weighted by Crippen LogP contribution is 2.26. The minimum Gasteiger partial charge on any atom is -0.483 e. The lowest BCUT2D eigenvalue weighted by atomic mass is 10.1. The van der Waals surface area contributed by atoms with Crippen LogP contribution in [0.3, 0.4) is 0 Å². The number of carbonyl (C=O) groups excluding carboxylic acids is 2. The summed E-state index contributed by atoms with van der Waals surface area (Å²) in [6.07, 6.45) is 1.27. The number of hydrogen-bond donors (Lipinski definition) is 1. The maximum Gasteiger partial charge on any atom is 0.328 e. The van der Waals surface area contributed by atoms with Gasteiger partial charge in [0.25, 0.3) is 5.91 Å². The summed E-state index contributed by atoms with van der Waals surface area (Å²) in [7, 11) is 1.30. The first-order valence-electron chi connectivity index (χ1n) is 8.35. The molecule has 1 atom stereocenters. The fraction of sp³-hybridized carbons (Fsp3) is 0.300. The second-order valence-corrected chi connectivity index (χ2v) is 6.59. The molecule has 0 heterocycles. The highest BCUT2D eigenvalue weighted by molar-refractivity contribution is 9.10. The SMILES string of the molecule is CCc1ccc(OCC(=O)NC(Cc2ccccc2)C(=O)OC)c(Br)c1. The van der Waals surface area contributed by atoms with Gasteiger partial charge in [-0.05, 0) is 45.6 Å². The monoisotopic (exact) mass is 419 g/mol. The summed E-state index contributed by atoms with van der Waals surface area (Å²) >= 11 is 3.44. The average molecular weight is 420 g/mol.